The summed E-state index contributed by atoms with van der Waals surface area (Å²) >= 11 is 0. The number of nitrogens with one attached hydrogen (secondary N) is 1. The number of ether oxygens (including phenoxy) is 1. The Kier molecular flexibility index (Phi) is 4.91. The summed E-state index contributed by atoms with van der Waals surface area (Å²) in [5.74, 6) is 0.634. The van der Waals surface area contributed by atoms with Crippen LogP contribution in [0.3, 0.4) is 0 Å². The fourth-order valence-electron chi connectivity index (χ4n) is 3.15. The Hall–Kier alpha value is -2.54. The molecule has 138 valence electrons. The number of anilines is 1. The first kappa shape index (κ1) is 18.3. The van der Waals surface area contributed by atoms with Gasteiger partial charge in [0, 0.05) is 25.7 Å². The highest BCUT2D eigenvalue weighted by atomic mass is 32.2. The van der Waals surface area contributed by atoms with Gasteiger partial charge in [0.1, 0.15) is 5.75 Å². The second-order valence-corrected chi connectivity index (χ2v) is 8.06. The Morgan fingerprint density at radius 2 is 1.92 bits per heavy atom. The lowest BCUT2D eigenvalue weighted by Gasteiger charge is -2.28. The van der Waals surface area contributed by atoms with E-state index in [9.17, 15) is 13.2 Å². The lowest BCUT2D eigenvalue weighted by atomic mass is 9.99. The molecule has 6 nitrogen and oxygen atoms in total. The van der Waals surface area contributed by atoms with Crippen LogP contribution in [0.2, 0.25) is 0 Å². The van der Waals surface area contributed by atoms with E-state index in [2.05, 4.69) is 4.72 Å². The van der Waals surface area contributed by atoms with Crippen molar-refractivity contribution in [1.82, 2.24) is 4.90 Å². The molecule has 1 heterocycles. The number of carbonyl (C=O) groups excluding carboxylic acids is 1. The molecule has 7 heteroatoms. The second kappa shape index (κ2) is 6.99. The average Bonchev–Trinajstić information content (AvgIpc) is 2.60. The number of carbonyl (C=O) groups is 1. The number of hydrogen-bond donors (Lipinski definition) is 1. The van der Waals surface area contributed by atoms with Crippen molar-refractivity contribution in [2.45, 2.75) is 31.7 Å². The lowest BCUT2D eigenvalue weighted by Crippen LogP contribution is -2.34. The molecule has 0 aliphatic carbocycles. The number of amides is 1. The number of nitrogens with zero attached hydrogens (tertiary/aromatic N) is 1. The van der Waals surface area contributed by atoms with Gasteiger partial charge >= 0.3 is 0 Å². The third-order valence-corrected chi connectivity index (χ3v) is 6.13. The fraction of sp³-hybridized carbons (Fsp3) is 0.316. The van der Waals surface area contributed by atoms with Gasteiger partial charge in [0.05, 0.1) is 12.0 Å². The molecule has 0 saturated carbocycles. The molecule has 26 heavy (non-hydrogen) atoms. The number of methoxy groups -OCH3 is 1. The van der Waals surface area contributed by atoms with Crippen molar-refractivity contribution in [3.05, 3.63) is 53.1 Å². The number of sulfonamides is 1. The van der Waals surface area contributed by atoms with E-state index in [-0.39, 0.29) is 10.8 Å². The van der Waals surface area contributed by atoms with Crippen molar-refractivity contribution < 1.29 is 17.9 Å². The summed E-state index contributed by atoms with van der Waals surface area (Å²) in [5, 5.41) is 0. The molecule has 0 bridgehead atoms. The van der Waals surface area contributed by atoms with Gasteiger partial charge < -0.3 is 9.64 Å². The van der Waals surface area contributed by atoms with Crippen LogP contribution in [0, 0.1) is 6.92 Å². The normalized spacial score (nSPS) is 13.9. The van der Waals surface area contributed by atoms with Crippen molar-refractivity contribution in [3.8, 4) is 5.75 Å². The molecule has 1 aliphatic heterocycles. The Morgan fingerprint density at radius 1 is 1.15 bits per heavy atom. The van der Waals surface area contributed by atoms with Crippen LogP contribution < -0.4 is 9.46 Å². The zero-order valence-corrected chi connectivity index (χ0v) is 15.9. The Bertz CT molecular complexity index is 954. The zero-order valence-electron chi connectivity index (χ0n) is 15.1. The third-order valence-electron chi connectivity index (χ3n) is 4.59. The fourth-order valence-corrected chi connectivity index (χ4v) is 4.43. The quantitative estimate of drug-likeness (QED) is 0.893. The minimum Gasteiger partial charge on any atom is -0.497 e. The minimum absolute atomic E-state index is 0.0236. The minimum atomic E-state index is -3.71. The predicted octanol–water partition coefficient (Wildman–Crippen LogP) is 2.71. The number of aryl methyl sites for hydroxylation is 1. The SMILES string of the molecule is COc1ccc(S(=O)(=O)Nc2ccc3c(c2)CN(C(C)=O)CC3)c(C)c1. The molecule has 0 aromatic heterocycles. The van der Waals surface area contributed by atoms with Crippen LogP contribution in [-0.2, 0) is 27.8 Å². The van der Waals surface area contributed by atoms with E-state index >= 15 is 0 Å². The smallest absolute Gasteiger partial charge is 0.262 e. The van der Waals surface area contributed by atoms with Crippen LogP contribution in [0.5, 0.6) is 5.75 Å². The van der Waals surface area contributed by atoms with Crippen LogP contribution in [0.4, 0.5) is 5.69 Å². The number of rotatable bonds is 4. The molecule has 0 spiro atoms. The van der Waals surface area contributed by atoms with E-state index in [0.717, 1.165) is 17.5 Å². The average molecular weight is 374 g/mol. The highest BCUT2D eigenvalue weighted by Crippen LogP contribution is 2.26. The van der Waals surface area contributed by atoms with Crippen molar-refractivity contribution in [1.29, 1.82) is 0 Å². The number of hydrogen-bond acceptors (Lipinski definition) is 4. The Morgan fingerprint density at radius 3 is 2.58 bits per heavy atom. The predicted molar refractivity (Wildman–Crippen MR) is 99.8 cm³/mol. The van der Waals surface area contributed by atoms with Crippen molar-refractivity contribution in [2.75, 3.05) is 18.4 Å². The highest BCUT2D eigenvalue weighted by Gasteiger charge is 2.21. The molecule has 3 rings (SSSR count). The summed E-state index contributed by atoms with van der Waals surface area (Å²) < 4.78 is 33.3. The van der Waals surface area contributed by atoms with Crippen LogP contribution >= 0.6 is 0 Å². The topological polar surface area (TPSA) is 75.7 Å². The first-order valence-electron chi connectivity index (χ1n) is 8.35. The Labute approximate surface area is 153 Å². The van der Waals surface area contributed by atoms with Gasteiger partial charge in [-0.3, -0.25) is 9.52 Å². The van der Waals surface area contributed by atoms with Crippen LogP contribution in [-0.4, -0.2) is 32.9 Å². The molecule has 0 radical (unpaired) electrons. The standard InChI is InChI=1S/C19H22N2O4S/c1-13-10-18(25-3)6-7-19(13)26(23,24)20-17-5-4-15-8-9-21(14(2)22)12-16(15)11-17/h4-7,10-11,20H,8-9,12H2,1-3H3. The van der Waals surface area contributed by atoms with Gasteiger partial charge in [-0.05, 0) is 60.4 Å². The summed E-state index contributed by atoms with van der Waals surface area (Å²) in [5.41, 5.74) is 3.21. The van der Waals surface area contributed by atoms with Gasteiger partial charge in [0.15, 0.2) is 0 Å². The highest BCUT2D eigenvalue weighted by molar-refractivity contribution is 7.92. The summed E-state index contributed by atoms with van der Waals surface area (Å²) in [6.45, 7) is 4.47. The largest absolute Gasteiger partial charge is 0.497 e. The van der Waals surface area contributed by atoms with Gasteiger partial charge in [0.2, 0.25) is 5.91 Å². The van der Waals surface area contributed by atoms with Crippen LogP contribution in [0.25, 0.3) is 0 Å². The molecule has 0 fully saturated rings. The molecule has 2 aromatic rings. The summed E-state index contributed by atoms with van der Waals surface area (Å²) in [4.78, 5) is 13.6. The second-order valence-electron chi connectivity index (χ2n) is 6.41. The van der Waals surface area contributed by atoms with Gasteiger partial charge in [-0.2, -0.15) is 0 Å². The molecule has 1 N–H and O–H groups in total. The molecule has 2 aromatic carbocycles. The molecule has 1 aliphatic rings. The van der Waals surface area contributed by atoms with Crippen LogP contribution in [0.15, 0.2) is 41.3 Å². The molecular formula is C19H22N2O4S. The van der Waals surface area contributed by atoms with E-state index in [4.69, 9.17) is 4.74 Å². The maximum Gasteiger partial charge on any atom is 0.262 e. The molecular weight excluding hydrogens is 352 g/mol. The maximum atomic E-state index is 12.7. The van der Waals surface area contributed by atoms with Crippen molar-refractivity contribution in [3.63, 3.8) is 0 Å². The van der Waals surface area contributed by atoms with E-state index in [1.807, 2.05) is 6.07 Å². The first-order valence-corrected chi connectivity index (χ1v) is 9.83. The van der Waals surface area contributed by atoms with E-state index < -0.39 is 10.0 Å². The van der Waals surface area contributed by atoms with E-state index in [1.165, 1.54) is 6.07 Å². The summed E-state index contributed by atoms with van der Waals surface area (Å²) in [6.07, 6.45) is 0.777. The first-order chi connectivity index (χ1) is 12.3. The van der Waals surface area contributed by atoms with Gasteiger partial charge in [0.25, 0.3) is 10.0 Å². The van der Waals surface area contributed by atoms with Gasteiger partial charge in [-0.1, -0.05) is 6.07 Å². The molecule has 0 saturated heterocycles. The molecule has 0 atom stereocenters. The lowest BCUT2D eigenvalue weighted by molar-refractivity contribution is -0.129. The summed E-state index contributed by atoms with van der Waals surface area (Å²) in [6, 6.07) is 10.3. The Balaban J connectivity index is 1.87. The van der Waals surface area contributed by atoms with E-state index in [1.54, 1.807) is 50.1 Å². The monoisotopic (exact) mass is 374 g/mol. The van der Waals surface area contributed by atoms with Crippen molar-refractivity contribution in [2.24, 2.45) is 0 Å². The summed E-state index contributed by atoms with van der Waals surface area (Å²) in [7, 11) is -2.17. The van der Waals surface area contributed by atoms with Crippen molar-refractivity contribution >= 4 is 21.6 Å². The molecule has 0 unspecified atom stereocenters. The number of fused-ring (bicyclic) bond motifs is 1. The third kappa shape index (κ3) is 3.67. The molecule has 1 amide bonds. The van der Waals surface area contributed by atoms with E-state index in [0.29, 0.717) is 30.1 Å². The maximum absolute atomic E-state index is 12.7. The zero-order chi connectivity index (χ0) is 18.9. The van der Waals surface area contributed by atoms with Gasteiger partial charge in [-0.15, -0.1) is 0 Å². The number of benzene rings is 2. The van der Waals surface area contributed by atoms with Crippen LogP contribution in [0.1, 0.15) is 23.6 Å². The van der Waals surface area contributed by atoms with Gasteiger partial charge in [-0.25, -0.2) is 8.42 Å².